The van der Waals surface area contributed by atoms with E-state index in [2.05, 4.69) is 64.6 Å². The second-order valence-corrected chi connectivity index (χ2v) is 15.2. The number of benzene rings is 1. The number of hydrogen-bond acceptors (Lipinski definition) is 14. The molecule has 1 atom stereocenters. The third-order valence-corrected chi connectivity index (χ3v) is 10.1. The molecule has 2 aliphatic heterocycles. The van der Waals surface area contributed by atoms with Crippen LogP contribution >= 0.6 is 34.2 Å². The van der Waals surface area contributed by atoms with Crippen LogP contribution in [0.2, 0.25) is 5.02 Å². The number of alkyl halides is 3. The van der Waals surface area contributed by atoms with Gasteiger partial charge in [-0.05, 0) is 37.3 Å². The number of nitrogens with zero attached hydrogens (tertiary/aromatic N) is 6. The molecule has 0 spiro atoms. The molecular formula is C33H38ClF2IN8O6S. The van der Waals surface area contributed by atoms with Gasteiger partial charge < -0.3 is 34.5 Å². The molecular weight excluding hydrogens is 837 g/mol. The van der Waals surface area contributed by atoms with E-state index in [1.165, 1.54) is 44.5 Å². The highest BCUT2D eigenvalue weighted by atomic mass is 127. The summed E-state index contributed by atoms with van der Waals surface area (Å²) in [7, 11) is -2.25. The van der Waals surface area contributed by atoms with E-state index in [0.717, 1.165) is 30.3 Å². The van der Waals surface area contributed by atoms with Crippen LogP contribution in [0.1, 0.15) is 24.2 Å². The van der Waals surface area contributed by atoms with Gasteiger partial charge in [-0.25, -0.2) is 8.42 Å². The zero-order chi connectivity index (χ0) is 37.5. The SMILES string of the molecule is C=C/C(N[C@@H](c1cccc2c1OC(F)(F)O2)c1ncccc1Cl)=C(\C=C(/C)S(C)(=O)=O)Nc1nc(OC)nc(N2CCN(CCOCCI)CC2)n1. The number of halogens is 4. The topological polar surface area (TPSA) is 153 Å². The summed E-state index contributed by atoms with van der Waals surface area (Å²) in [6.45, 7) is 10.3. The summed E-state index contributed by atoms with van der Waals surface area (Å²) < 4.78 is 75.5. The number of pyridine rings is 1. The van der Waals surface area contributed by atoms with Crippen molar-refractivity contribution in [1.29, 1.82) is 0 Å². The summed E-state index contributed by atoms with van der Waals surface area (Å²) in [4.78, 5) is 22.2. The van der Waals surface area contributed by atoms with Crippen LogP contribution in [0, 0.1) is 0 Å². The summed E-state index contributed by atoms with van der Waals surface area (Å²) in [5, 5.41) is 6.57. The van der Waals surface area contributed by atoms with Gasteiger partial charge >= 0.3 is 12.3 Å². The zero-order valence-electron chi connectivity index (χ0n) is 28.6. The van der Waals surface area contributed by atoms with E-state index < -0.39 is 22.2 Å². The smallest absolute Gasteiger partial charge is 0.467 e. The van der Waals surface area contributed by atoms with Crippen LogP contribution in [0.3, 0.4) is 0 Å². The number of piperazine rings is 1. The second kappa shape index (κ2) is 17.3. The van der Waals surface area contributed by atoms with Crippen LogP contribution in [0.5, 0.6) is 17.5 Å². The molecule has 19 heteroatoms. The normalized spacial score (nSPS) is 17.0. The Morgan fingerprint density at radius 3 is 2.58 bits per heavy atom. The standard InChI is InChI=1S/C33H38ClF2IN8O6S/c1-5-24(39-27(28-23(34)9-7-12-38-28)22-8-6-10-26-29(22)51-33(35,36)50-26)25(20-21(2)52(4,46)47)40-30-41-31(43-32(42-30)48-3)45-15-13-44(14-16-45)17-19-49-18-11-37/h5-10,12,20,27,39H,1,11,13-19H2,2-4H3,(H,40,41,42,43)/b21-20+,25-24-/t27-/m0/s1. The highest BCUT2D eigenvalue weighted by Crippen LogP contribution is 2.47. The Morgan fingerprint density at radius 2 is 1.90 bits per heavy atom. The number of nitrogens with one attached hydrogen (secondary N) is 2. The third-order valence-electron chi connectivity index (χ3n) is 8.02. The van der Waals surface area contributed by atoms with Crippen LogP contribution in [0.4, 0.5) is 20.7 Å². The van der Waals surface area contributed by atoms with E-state index in [-0.39, 0.29) is 56.0 Å². The first kappa shape index (κ1) is 39.4. The lowest BCUT2D eigenvalue weighted by Gasteiger charge is -2.34. The molecule has 0 unspecified atom stereocenters. The lowest BCUT2D eigenvalue weighted by molar-refractivity contribution is -0.287. The molecule has 0 bridgehead atoms. The third kappa shape index (κ3) is 9.97. The van der Waals surface area contributed by atoms with Crippen molar-refractivity contribution in [2.75, 3.05) is 73.9 Å². The van der Waals surface area contributed by atoms with E-state index in [9.17, 15) is 17.2 Å². The Hall–Kier alpha value is -3.85. The lowest BCUT2D eigenvalue weighted by atomic mass is 10.0. The highest BCUT2D eigenvalue weighted by Gasteiger charge is 2.45. The van der Waals surface area contributed by atoms with Crippen molar-refractivity contribution in [2.45, 2.75) is 19.3 Å². The number of sulfone groups is 1. The Labute approximate surface area is 319 Å². The molecule has 1 fully saturated rings. The molecule has 2 aliphatic rings. The lowest BCUT2D eigenvalue weighted by Crippen LogP contribution is -2.48. The van der Waals surface area contributed by atoms with Crippen molar-refractivity contribution in [3.05, 3.63) is 87.8 Å². The van der Waals surface area contributed by atoms with Crippen LogP contribution in [0.25, 0.3) is 0 Å². The molecule has 2 N–H and O–H groups in total. The van der Waals surface area contributed by atoms with Gasteiger partial charge in [0.2, 0.25) is 11.9 Å². The summed E-state index contributed by atoms with van der Waals surface area (Å²) in [6, 6.07) is 6.62. The minimum Gasteiger partial charge on any atom is -0.467 e. The minimum absolute atomic E-state index is 0.0135. The molecule has 3 aromatic rings. The van der Waals surface area contributed by atoms with Crippen molar-refractivity contribution in [3.63, 3.8) is 0 Å². The number of anilines is 2. The molecule has 1 saturated heterocycles. The molecule has 0 radical (unpaired) electrons. The van der Waals surface area contributed by atoms with Crippen molar-refractivity contribution in [3.8, 4) is 17.5 Å². The number of hydrogen-bond donors (Lipinski definition) is 2. The maximum Gasteiger partial charge on any atom is 0.586 e. The molecule has 280 valence electrons. The zero-order valence-corrected chi connectivity index (χ0v) is 32.3. The van der Waals surface area contributed by atoms with E-state index in [1.807, 2.05) is 4.90 Å². The average Bonchev–Trinajstić information content (AvgIpc) is 3.44. The first-order valence-electron chi connectivity index (χ1n) is 16.0. The second-order valence-electron chi connectivity index (χ2n) is 11.5. The van der Waals surface area contributed by atoms with Gasteiger partial charge in [0.15, 0.2) is 21.3 Å². The van der Waals surface area contributed by atoms with Crippen LogP contribution in [0.15, 0.2) is 71.6 Å². The van der Waals surface area contributed by atoms with Crippen molar-refractivity contribution in [2.24, 2.45) is 0 Å². The Kier molecular flexibility index (Phi) is 13.1. The molecule has 0 amide bonds. The first-order valence-corrected chi connectivity index (χ1v) is 19.8. The highest BCUT2D eigenvalue weighted by molar-refractivity contribution is 14.1. The maximum absolute atomic E-state index is 14.3. The molecule has 14 nitrogen and oxygen atoms in total. The van der Waals surface area contributed by atoms with Gasteiger partial charge in [-0.1, -0.05) is 52.9 Å². The van der Waals surface area contributed by atoms with Gasteiger partial charge in [0, 0.05) is 60.1 Å². The molecule has 2 aromatic heterocycles. The van der Waals surface area contributed by atoms with Crippen LogP contribution in [-0.4, -0.2) is 103 Å². The van der Waals surface area contributed by atoms with E-state index in [4.69, 9.17) is 30.5 Å². The molecule has 0 saturated carbocycles. The Bertz CT molecular complexity index is 1930. The fourth-order valence-electron chi connectivity index (χ4n) is 5.29. The summed E-state index contributed by atoms with van der Waals surface area (Å²) >= 11 is 8.88. The predicted octanol–water partition coefficient (Wildman–Crippen LogP) is 4.96. The molecule has 5 rings (SSSR count). The van der Waals surface area contributed by atoms with E-state index in [0.29, 0.717) is 32.3 Å². The minimum atomic E-state index is -3.90. The summed E-state index contributed by atoms with van der Waals surface area (Å²) in [5.41, 5.74) is 0.814. The number of fused-ring (bicyclic) bond motifs is 1. The summed E-state index contributed by atoms with van der Waals surface area (Å²) in [5.74, 6) is -0.0310. The molecule has 0 aliphatic carbocycles. The number of aromatic nitrogens is 4. The van der Waals surface area contributed by atoms with Crippen molar-refractivity contribution in [1.82, 2.24) is 30.2 Å². The average molecular weight is 875 g/mol. The first-order chi connectivity index (χ1) is 24.8. The fourth-order valence-corrected chi connectivity index (χ4v) is 6.17. The van der Waals surface area contributed by atoms with Gasteiger partial charge in [0.25, 0.3) is 0 Å². The van der Waals surface area contributed by atoms with Crippen molar-refractivity contribution < 1.29 is 36.1 Å². The molecule has 4 heterocycles. The van der Waals surface area contributed by atoms with Crippen LogP contribution < -0.4 is 29.7 Å². The van der Waals surface area contributed by atoms with Crippen molar-refractivity contribution >= 4 is 55.9 Å². The number of rotatable bonds is 16. The van der Waals surface area contributed by atoms with E-state index in [1.54, 1.807) is 18.2 Å². The van der Waals surface area contributed by atoms with Gasteiger partial charge in [0.05, 0.1) is 48.5 Å². The largest absolute Gasteiger partial charge is 0.586 e. The van der Waals surface area contributed by atoms with Gasteiger partial charge in [-0.3, -0.25) is 9.88 Å². The predicted molar refractivity (Wildman–Crippen MR) is 201 cm³/mol. The molecule has 52 heavy (non-hydrogen) atoms. The number of para-hydroxylation sites is 1. The fraction of sp³-hybridized carbons (Fsp3) is 0.394. The van der Waals surface area contributed by atoms with E-state index >= 15 is 0 Å². The van der Waals surface area contributed by atoms with Gasteiger partial charge in [-0.15, -0.1) is 8.78 Å². The number of ether oxygens (including phenoxy) is 4. The Morgan fingerprint density at radius 1 is 1.13 bits per heavy atom. The maximum atomic E-state index is 14.3. The van der Waals surface area contributed by atoms with Gasteiger partial charge in [-0.2, -0.15) is 15.0 Å². The Balaban J connectivity index is 1.53. The van der Waals surface area contributed by atoms with Gasteiger partial charge in [0.1, 0.15) is 0 Å². The number of allylic oxidation sites excluding steroid dienone is 3. The quantitative estimate of drug-likeness (QED) is 0.0863. The van der Waals surface area contributed by atoms with Crippen LogP contribution in [-0.2, 0) is 14.6 Å². The molecule has 1 aromatic carbocycles. The monoisotopic (exact) mass is 874 g/mol. The number of methoxy groups -OCH3 is 1. The summed E-state index contributed by atoms with van der Waals surface area (Å²) in [6.07, 6.45) is 1.44.